The van der Waals surface area contributed by atoms with Crippen LogP contribution in [0.2, 0.25) is 0 Å². The fourth-order valence-corrected chi connectivity index (χ4v) is 1.55. The van der Waals surface area contributed by atoms with E-state index in [0.717, 1.165) is 24.2 Å². The van der Waals surface area contributed by atoms with Crippen molar-refractivity contribution in [1.29, 1.82) is 0 Å². The lowest BCUT2D eigenvalue weighted by Crippen LogP contribution is -1.93. The van der Waals surface area contributed by atoms with Crippen molar-refractivity contribution in [2.45, 2.75) is 18.2 Å². The minimum absolute atomic E-state index is 0.0203. The Labute approximate surface area is 89.5 Å². The van der Waals surface area contributed by atoms with Gasteiger partial charge in [-0.1, -0.05) is 12.1 Å². The number of hydrogen-bond donors (Lipinski definition) is 1. The fraction of sp³-hybridized carbons (Fsp3) is 0.455. The number of benzene rings is 1. The molecule has 0 radical (unpaired) electrons. The Kier molecular flexibility index (Phi) is 4.77. The maximum Gasteiger partial charge on any atom is 0.118 e. The van der Waals surface area contributed by atoms with Gasteiger partial charge in [-0.25, -0.2) is 0 Å². The molecule has 1 N–H and O–H groups in total. The number of alkyl halides is 1. The van der Waals surface area contributed by atoms with Crippen molar-refractivity contribution in [3.8, 4) is 5.75 Å². The largest absolute Gasteiger partial charge is 0.497 e. The summed E-state index contributed by atoms with van der Waals surface area (Å²) in [6, 6.07) is 7.69. The molecule has 0 spiro atoms. The zero-order valence-corrected chi connectivity index (χ0v) is 9.00. The van der Waals surface area contributed by atoms with E-state index in [-0.39, 0.29) is 12.0 Å². The summed E-state index contributed by atoms with van der Waals surface area (Å²) in [6.07, 6.45) is 1.53. The van der Waals surface area contributed by atoms with Crippen molar-refractivity contribution >= 4 is 11.6 Å². The van der Waals surface area contributed by atoms with E-state index in [1.807, 2.05) is 24.3 Å². The third kappa shape index (κ3) is 3.20. The Morgan fingerprint density at radius 1 is 1.36 bits per heavy atom. The lowest BCUT2D eigenvalue weighted by Gasteiger charge is -2.09. The summed E-state index contributed by atoms with van der Waals surface area (Å²) >= 11 is 6.13. The molecule has 3 heteroatoms. The molecule has 0 heterocycles. The van der Waals surface area contributed by atoms with E-state index in [9.17, 15) is 0 Å². The highest BCUT2D eigenvalue weighted by Gasteiger charge is 2.06. The number of aliphatic hydroxyl groups is 1. The van der Waals surface area contributed by atoms with E-state index in [2.05, 4.69) is 0 Å². The number of methoxy groups -OCH3 is 1. The Hall–Kier alpha value is -0.730. The normalized spacial score (nSPS) is 12.5. The molecule has 0 saturated carbocycles. The highest BCUT2D eigenvalue weighted by atomic mass is 35.5. The van der Waals surface area contributed by atoms with E-state index in [1.54, 1.807) is 7.11 Å². The molecule has 78 valence electrons. The average Bonchev–Trinajstić information content (AvgIpc) is 2.26. The molecule has 0 aliphatic rings. The Balaban J connectivity index is 2.57. The van der Waals surface area contributed by atoms with Gasteiger partial charge in [-0.15, -0.1) is 11.6 Å². The van der Waals surface area contributed by atoms with Crippen LogP contribution in [0, 0.1) is 0 Å². The highest BCUT2D eigenvalue weighted by molar-refractivity contribution is 6.20. The van der Waals surface area contributed by atoms with Gasteiger partial charge in [0.25, 0.3) is 0 Å². The second-order valence-corrected chi connectivity index (χ2v) is 3.63. The summed E-state index contributed by atoms with van der Waals surface area (Å²) in [5, 5.41) is 8.65. The van der Waals surface area contributed by atoms with Gasteiger partial charge in [-0.2, -0.15) is 0 Å². The standard InChI is InChI=1S/C11H15ClO2/c1-14-10-6-4-9(5-7-10)11(12)3-2-8-13/h4-7,11,13H,2-3,8H2,1H3. The molecule has 1 aromatic carbocycles. The lowest BCUT2D eigenvalue weighted by atomic mass is 10.1. The smallest absolute Gasteiger partial charge is 0.118 e. The zero-order valence-electron chi connectivity index (χ0n) is 8.24. The van der Waals surface area contributed by atoms with Gasteiger partial charge in [0.05, 0.1) is 12.5 Å². The first-order valence-electron chi connectivity index (χ1n) is 4.67. The summed E-state index contributed by atoms with van der Waals surface area (Å²) in [6.45, 7) is 0.194. The van der Waals surface area contributed by atoms with Crippen LogP contribution >= 0.6 is 11.6 Å². The summed E-state index contributed by atoms with van der Waals surface area (Å²) < 4.78 is 5.05. The molecule has 1 rings (SSSR count). The molecule has 2 nitrogen and oxygen atoms in total. The topological polar surface area (TPSA) is 29.5 Å². The van der Waals surface area contributed by atoms with Crippen molar-refractivity contribution in [3.05, 3.63) is 29.8 Å². The molecule has 0 bridgehead atoms. The summed E-state index contributed by atoms with van der Waals surface area (Å²) in [5.41, 5.74) is 1.07. The minimum atomic E-state index is -0.0203. The quantitative estimate of drug-likeness (QED) is 0.764. The van der Waals surface area contributed by atoms with E-state index < -0.39 is 0 Å². The highest BCUT2D eigenvalue weighted by Crippen LogP contribution is 2.26. The molecular weight excluding hydrogens is 200 g/mol. The van der Waals surface area contributed by atoms with Gasteiger partial charge in [0, 0.05) is 6.61 Å². The molecule has 0 aliphatic heterocycles. The number of rotatable bonds is 5. The van der Waals surface area contributed by atoms with Gasteiger partial charge < -0.3 is 9.84 Å². The number of hydrogen-bond acceptors (Lipinski definition) is 2. The van der Waals surface area contributed by atoms with Crippen LogP contribution in [0.15, 0.2) is 24.3 Å². The molecule has 0 saturated heterocycles. The second kappa shape index (κ2) is 5.89. The lowest BCUT2D eigenvalue weighted by molar-refractivity contribution is 0.284. The average molecular weight is 215 g/mol. The molecule has 1 aromatic rings. The van der Waals surface area contributed by atoms with Gasteiger partial charge in [-0.05, 0) is 30.5 Å². The van der Waals surface area contributed by atoms with Crippen LogP contribution in [-0.4, -0.2) is 18.8 Å². The van der Waals surface area contributed by atoms with Gasteiger partial charge in [0.15, 0.2) is 0 Å². The molecule has 1 atom stereocenters. The van der Waals surface area contributed by atoms with E-state index in [4.69, 9.17) is 21.4 Å². The van der Waals surface area contributed by atoms with Crippen LogP contribution in [-0.2, 0) is 0 Å². The zero-order chi connectivity index (χ0) is 10.4. The number of ether oxygens (including phenoxy) is 1. The summed E-state index contributed by atoms with van der Waals surface area (Å²) in [7, 11) is 1.64. The van der Waals surface area contributed by atoms with Crippen molar-refractivity contribution in [1.82, 2.24) is 0 Å². The maximum atomic E-state index is 8.67. The second-order valence-electron chi connectivity index (χ2n) is 3.11. The number of aliphatic hydroxyl groups excluding tert-OH is 1. The van der Waals surface area contributed by atoms with Crippen molar-refractivity contribution in [3.63, 3.8) is 0 Å². The monoisotopic (exact) mass is 214 g/mol. The van der Waals surface area contributed by atoms with Crippen LogP contribution in [0.3, 0.4) is 0 Å². The van der Waals surface area contributed by atoms with E-state index >= 15 is 0 Å². The maximum absolute atomic E-state index is 8.67. The van der Waals surface area contributed by atoms with Crippen LogP contribution in [0.1, 0.15) is 23.8 Å². The molecule has 0 aliphatic carbocycles. The number of halogens is 1. The van der Waals surface area contributed by atoms with Crippen LogP contribution in [0.25, 0.3) is 0 Å². The van der Waals surface area contributed by atoms with E-state index in [1.165, 1.54) is 0 Å². The first-order valence-corrected chi connectivity index (χ1v) is 5.10. The third-order valence-corrected chi connectivity index (χ3v) is 2.56. The van der Waals surface area contributed by atoms with Crippen molar-refractivity contribution in [2.24, 2.45) is 0 Å². The van der Waals surface area contributed by atoms with Gasteiger partial charge in [0.2, 0.25) is 0 Å². The molecule has 14 heavy (non-hydrogen) atoms. The predicted octanol–water partition coefficient (Wildman–Crippen LogP) is 2.75. The molecule has 0 aromatic heterocycles. The van der Waals surface area contributed by atoms with Gasteiger partial charge in [0.1, 0.15) is 5.75 Å². The third-order valence-electron chi connectivity index (χ3n) is 2.09. The first kappa shape index (κ1) is 11.3. The first-order chi connectivity index (χ1) is 6.77. The Morgan fingerprint density at radius 3 is 2.50 bits per heavy atom. The van der Waals surface area contributed by atoms with Gasteiger partial charge >= 0.3 is 0 Å². The Morgan fingerprint density at radius 2 is 2.00 bits per heavy atom. The Bertz CT molecular complexity index is 258. The summed E-state index contributed by atoms with van der Waals surface area (Å²) in [5.74, 6) is 0.833. The summed E-state index contributed by atoms with van der Waals surface area (Å²) in [4.78, 5) is 0. The fourth-order valence-electron chi connectivity index (χ4n) is 1.25. The minimum Gasteiger partial charge on any atom is -0.497 e. The van der Waals surface area contributed by atoms with Crippen molar-refractivity contribution in [2.75, 3.05) is 13.7 Å². The predicted molar refractivity (Wildman–Crippen MR) is 57.9 cm³/mol. The molecule has 1 unspecified atom stereocenters. The molecule has 0 fully saturated rings. The SMILES string of the molecule is COc1ccc(C(Cl)CCCO)cc1. The van der Waals surface area contributed by atoms with Gasteiger partial charge in [-0.3, -0.25) is 0 Å². The molecular formula is C11H15ClO2. The molecule has 0 amide bonds. The van der Waals surface area contributed by atoms with Crippen molar-refractivity contribution < 1.29 is 9.84 Å². The van der Waals surface area contributed by atoms with Crippen LogP contribution in [0.5, 0.6) is 5.75 Å². The van der Waals surface area contributed by atoms with Crippen LogP contribution < -0.4 is 4.74 Å². The van der Waals surface area contributed by atoms with Crippen LogP contribution in [0.4, 0.5) is 0 Å². The van der Waals surface area contributed by atoms with E-state index in [0.29, 0.717) is 0 Å².